The molecule has 0 saturated carbocycles. The predicted molar refractivity (Wildman–Crippen MR) is 111 cm³/mol. The van der Waals surface area contributed by atoms with E-state index in [1.165, 1.54) is 24.3 Å². The Morgan fingerprint density at radius 2 is 1.28 bits per heavy atom. The molecule has 0 aliphatic carbocycles. The molecule has 0 spiro atoms. The third-order valence-corrected chi connectivity index (χ3v) is 6.91. The molecule has 4 aromatic rings. The van der Waals surface area contributed by atoms with Gasteiger partial charge in [0.15, 0.2) is 14.3 Å². The van der Waals surface area contributed by atoms with E-state index in [9.17, 15) is 25.0 Å². The number of nitrogens with zero attached hydrogens (tertiary/aromatic N) is 2. The van der Waals surface area contributed by atoms with E-state index in [-0.39, 0.29) is 22.1 Å². The van der Waals surface area contributed by atoms with Crippen LogP contribution in [0.15, 0.2) is 65.5 Å². The van der Waals surface area contributed by atoms with Crippen molar-refractivity contribution in [3.63, 3.8) is 0 Å². The van der Waals surface area contributed by atoms with Crippen molar-refractivity contribution in [1.29, 1.82) is 0 Å². The van der Waals surface area contributed by atoms with Crippen LogP contribution in [0.5, 0.6) is 5.75 Å². The van der Waals surface area contributed by atoms with Gasteiger partial charge in [-0.1, -0.05) is 0 Å². The Hall–Kier alpha value is -3.85. The van der Waals surface area contributed by atoms with Crippen molar-refractivity contribution in [2.75, 3.05) is 7.11 Å². The Kier molecular flexibility index (Phi) is 4.44. The first-order valence-electron chi connectivity index (χ1n) is 8.40. The first-order chi connectivity index (χ1) is 13.9. The summed E-state index contributed by atoms with van der Waals surface area (Å²) in [5.41, 5.74) is -0.867. The number of nitro benzene ring substituents is 2. The molecule has 8 nitrogen and oxygen atoms in total. The Morgan fingerprint density at radius 1 is 0.793 bits per heavy atom. The number of ether oxygens (including phenoxy) is 1. The fourth-order valence-corrected chi connectivity index (χ4v) is 5.51. The molecule has 4 rings (SSSR count). The Labute approximate surface area is 165 Å². The summed E-state index contributed by atoms with van der Waals surface area (Å²) in [6.45, 7) is 0. The highest BCUT2D eigenvalue weighted by atomic mass is 32.2. The molecule has 0 aliphatic heterocycles. The van der Waals surface area contributed by atoms with Gasteiger partial charge < -0.3 is 4.74 Å². The van der Waals surface area contributed by atoms with Crippen molar-refractivity contribution in [1.82, 2.24) is 0 Å². The van der Waals surface area contributed by atoms with E-state index in [1.807, 2.05) is 12.1 Å². The molecule has 0 unspecified atom stereocenters. The average molecular weight is 409 g/mol. The Bertz CT molecular complexity index is 1280. The number of hydrogen-bond donors (Lipinski definition) is 0. The fourth-order valence-electron chi connectivity index (χ4n) is 3.20. The van der Waals surface area contributed by atoms with Crippen molar-refractivity contribution < 1.29 is 14.6 Å². The minimum Gasteiger partial charge on any atom is -0.497 e. The van der Waals surface area contributed by atoms with Gasteiger partial charge in [-0.25, -0.2) is 0 Å². The monoisotopic (exact) mass is 409 g/mol. The molecule has 0 fully saturated rings. The van der Waals surface area contributed by atoms with Crippen LogP contribution in [0.1, 0.15) is 0 Å². The van der Waals surface area contributed by atoms with Gasteiger partial charge in [-0.2, -0.15) is 0 Å². The summed E-state index contributed by atoms with van der Waals surface area (Å²) in [4.78, 5) is 35.2. The van der Waals surface area contributed by atoms with Crippen molar-refractivity contribution in [3.8, 4) is 10.6 Å². The molecule has 144 valence electrons. The third kappa shape index (κ3) is 3.07. The number of methoxy groups -OCH3 is 1. The first kappa shape index (κ1) is 18.5. The summed E-state index contributed by atoms with van der Waals surface area (Å²) < 4.78 is 6.49. The minimum atomic E-state index is -0.753. The topological polar surface area (TPSA) is 113 Å². The zero-order valence-electron chi connectivity index (χ0n) is 15.0. The van der Waals surface area contributed by atoms with E-state index in [1.54, 1.807) is 31.4 Å². The van der Waals surface area contributed by atoms with Crippen LogP contribution < -0.4 is 10.2 Å². The SMILES string of the molecule is COc1ccc(-[s+]2c3ccc([N+](=O)[O-])cc3c(=O)c3cc([N+](=O)[O-])ccc32)cc1. The fraction of sp³-hybridized carbons (Fsp3) is 0.0500. The highest BCUT2D eigenvalue weighted by molar-refractivity contribution is 7.49. The van der Waals surface area contributed by atoms with Crippen molar-refractivity contribution in [2.24, 2.45) is 0 Å². The van der Waals surface area contributed by atoms with Crippen LogP contribution in [0.2, 0.25) is 0 Å². The number of benzene rings is 3. The highest BCUT2D eigenvalue weighted by Gasteiger charge is 2.26. The average Bonchev–Trinajstić information content (AvgIpc) is 2.73. The summed E-state index contributed by atoms with van der Waals surface area (Å²) in [5, 5.41) is 22.8. The number of rotatable bonds is 4. The van der Waals surface area contributed by atoms with E-state index in [0.29, 0.717) is 15.1 Å². The van der Waals surface area contributed by atoms with Crippen LogP contribution in [-0.2, 0) is 0 Å². The number of hydrogen-bond acceptors (Lipinski definition) is 6. The van der Waals surface area contributed by atoms with Crippen LogP contribution >= 0.6 is 10.5 Å². The Morgan fingerprint density at radius 3 is 1.69 bits per heavy atom. The van der Waals surface area contributed by atoms with Gasteiger partial charge >= 0.3 is 0 Å². The highest BCUT2D eigenvalue weighted by Crippen LogP contribution is 2.44. The van der Waals surface area contributed by atoms with Crippen LogP contribution in [0.3, 0.4) is 0 Å². The second-order valence-corrected chi connectivity index (χ2v) is 8.15. The molecule has 0 N–H and O–H groups in total. The van der Waals surface area contributed by atoms with E-state index in [4.69, 9.17) is 4.74 Å². The molecule has 0 bridgehead atoms. The largest absolute Gasteiger partial charge is 0.497 e. The summed E-state index contributed by atoms with van der Waals surface area (Å²) in [7, 11) is 0.802. The lowest BCUT2D eigenvalue weighted by atomic mass is 10.1. The molecule has 29 heavy (non-hydrogen) atoms. The predicted octanol–water partition coefficient (Wildman–Crippen LogP) is 4.92. The molecular formula is C20H13N2O6S+. The van der Waals surface area contributed by atoms with Gasteiger partial charge in [0.05, 0.1) is 27.7 Å². The molecule has 0 amide bonds. The van der Waals surface area contributed by atoms with Crippen LogP contribution in [0.4, 0.5) is 11.4 Å². The lowest BCUT2D eigenvalue weighted by Gasteiger charge is -2.04. The second kappa shape index (κ2) is 6.95. The maximum Gasteiger partial charge on any atom is 0.270 e. The zero-order valence-corrected chi connectivity index (χ0v) is 15.8. The molecule has 1 heterocycles. The van der Waals surface area contributed by atoms with E-state index < -0.39 is 25.7 Å². The van der Waals surface area contributed by atoms with E-state index >= 15 is 0 Å². The third-order valence-electron chi connectivity index (χ3n) is 4.57. The molecular weight excluding hydrogens is 396 g/mol. The maximum absolute atomic E-state index is 13.1. The van der Waals surface area contributed by atoms with Gasteiger partial charge in [0.25, 0.3) is 11.4 Å². The van der Waals surface area contributed by atoms with E-state index in [0.717, 1.165) is 4.90 Å². The van der Waals surface area contributed by atoms with Crippen molar-refractivity contribution in [2.45, 2.75) is 0 Å². The zero-order chi connectivity index (χ0) is 20.7. The number of fused-ring (bicyclic) bond motifs is 2. The molecule has 1 aromatic heterocycles. The molecule has 0 aliphatic rings. The van der Waals surface area contributed by atoms with Gasteiger partial charge in [0, 0.05) is 59.0 Å². The number of nitro groups is 2. The quantitative estimate of drug-likeness (QED) is 0.205. The van der Waals surface area contributed by atoms with Gasteiger partial charge in [0.2, 0.25) is 5.43 Å². The summed E-state index contributed by atoms with van der Waals surface area (Å²) in [6.07, 6.45) is 0. The van der Waals surface area contributed by atoms with Gasteiger partial charge in [-0.15, -0.1) is 0 Å². The standard InChI is InChI=1S/C20H13N2O6S/c1-28-14-4-6-15(7-5-14)29-18-8-2-12(21(24)25)10-16(18)20(23)17-11-13(22(26)27)3-9-19(17)29/h2-11H,1H3/q+1. The van der Waals surface area contributed by atoms with Crippen molar-refractivity contribution in [3.05, 3.63) is 91.1 Å². The van der Waals surface area contributed by atoms with Gasteiger partial charge in [0.1, 0.15) is 5.75 Å². The normalized spacial score (nSPS) is 10.9. The van der Waals surface area contributed by atoms with Crippen LogP contribution in [0, 0.1) is 20.2 Å². The van der Waals surface area contributed by atoms with Crippen molar-refractivity contribution >= 4 is 42.0 Å². The lowest BCUT2D eigenvalue weighted by Crippen LogP contribution is -2.04. The summed E-state index contributed by atoms with van der Waals surface area (Å²) >= 11 is 0. The summed E-state index contributed by atoms with van der Waals surface area (Å²) in [5.74, 6) is 0.665. The molecule has 9 heteroatoms. The second-order valence-electron chi connectivity index (χ2n) is 6.19. The smallest absolute Gasteiger partial charge is 0.270 e. The van der Waals surface area contributed by atoms with Crippen LogP contribution in [-0.4, -0.2) is 17.0 Å². The van der Waals surface area contributed by atoms with Gasteiger partial charge in [-0.3, -0.25) is 25.0 Å². The van der Waals surface area contributed by atoms with Crippen LogP contribution in [0.25, 0.3) is 25.1 Å². The first-order valence-corrected chi connectivity index (χ1v) is 9.63. The van der Waals surface area contributed by atoms with Gasteiger partial charge in [-0.05, 0) is 12.1 Å². The summed E-state index contributed by atoms with van der Waals surface area (Å²) in [6, 6.07) is 15.7. The lowest BCUT2D eigenvalue weighted by molar-refractivity contribution is -0.384. The molecule has 0 radical (unpaired) electrons. The van der Waals surface area contributed by atoms with E-state index in [2.05, 4.69) is 0 Å². The molecule has 0 saturated heterocycles. The maximum atomic E-state index is 13.1. The number of non-ortho nitro benzene ring substituents is 2. The molecule has 3 aromatic carbocycles. The Balaban J connectivity index is 2.17. The molecule has 0 atom stereocenters. The minimum absolute atomic E-state index is 0.186.